The zero-order valence-electron chi connectivity index (χ0n) is 14.0. The first-order chi connectivity index (χ1) is 11.9. The summed E-state index contributed by atoms with van der Waals surface area (Å²) in [5, 5.41) is 4.00. The summed E-state index contributed by atoms with van der Waals surface area (Å²) >= 11 is 11.9. The van der Waals surface area contributed by atoms with Crippen LogP contribution in [0, 0.1) is 5.92 Å². The van der Waals surface area contributed by atoms with E-state index in [-0.39, 0.29) is 24.3 Å². The van der Waals surface area contributed by atoms with E-state index in [1.54, 1.807) is 18.2 Å². The van der Waals surface area contributed by atoms with E-state index >= 15 is 0 Å². The Balaban J connectivity index is 1.77. The number of carbonyl (C=O) groups is 1. The van der Waals surface area contributed by atoms with Gasteiger partial charge in [0.2, 0.25) is 5.91 Å². The van der Waals surface area contributed by atoms with Gasteiger partial charge in [0.05, 0.1) is 33.5 Å². The maximum Gasteiger partial charge on any atom is 0.225 e. The lowest BCUT2D eigenvalue weighted by atomic mass is 10.0. The molecule has 3 rings (SSSR count). The van der Waals surface area contributed by atoms with Crippen molar-refractivity contribution in [3.05, 3.63) is 63.9 Å². The van der Waals surface area contributed by atoms with Crippen LogP contribution in [0.4, 0.5) is 0 Å². The summed E-state index contributed by atoms with van der Waals surface area (Å²) < 4.78 is 0. The van der Waals surface area contributed by atoms with E-state index in [2.05, 4.69) is 29.1 Å². The van der Waals surface area contributed by atoms with Crippen molar-refractivity contribution in [2.75, 3.05) is 0 Å². The number of imidazole rings is 1. The van der Waals surface area contributed by atoms with Gasteiger partial charge < -0.3 is 10.3 Å². The average molecular weight is 376 g/mol. The number of carbonyl (C=O) groups excluding carboxylic acids is 1. The number of nitrogens with one attached hydrogen (secondary N) is 2. The van der Waals surface area contributed by atoms with Gasteiger partial charge >= 0.3 is 0 Å². The molecule has 1 heterocycles. The van der Waals surface area contributed by atoms with Crippen LogP contribution in [0.2, 0.25) is 10.0 Å². The summed E-state index contributed by atoms with van der Waals surface area (Å²) in [4.78, 5) is 20.4. The van der Waals surface area contributed by atoms with Gasteiger partial charge in [0.1, 0.15) is 5.82 Å². The highest BCUT2D eigenvalue weighted by atomic mass is 35.5. The first-order valence-electron chi connectivity index (χ1n) is 8.12. The van der Waals surface area contributed by atoms with Crippen LogP contribution in [0.25, 0.3) is 11.0 Å². The average Bonchev–Trinajstić information content (AvgIpc) is 2.99. The van der Waals surface area contributed by atoms with Crippen LogP contribution in [-0.2, 0) is 11.2 Å². The van der Waals surface area contributed by atoms with Crippen molar-refractivity contribution in [2.45, 2.75) is 26.3 Å². The number of H-pyrrole nitrogens is 1. The lowest BCUT2D eigenvalue weighted by molar-refractivity contribution is -0.121. The van der Waals surface area contributed by atoms with Gasteiger partial charge in [-0.1, -0.05) is 55.2 Å². The lowest BCUT2D eigenvalue weighted by Gasteiger charge is -2.20. The highest BCUT2D eigenvalue weighted by Crippen LogP contribution is 2.24. The number of hydrogen-bond donors (Lipinski definition) is 2. The van der Waals surface area contributed by atoms with Gasteiger partial charge in [-0.05, 0) is 35.7 Å². The van der Waals surface area contributed by atoms with Crippen LogP contribution in [0.1, 0.15) is 31.3 Å². The fourth-order valence-corrected chi connectivity index (χ4v) is 3.05. The SMILES string of the molecule is CC(C)C(NC(=O)Cc1ccc(Cl)c(Cl)c1)c1nc2ccccc2[nH]1. The second-order valence-corrected chi connectivity index (χ2v) is 7.17. The zero-order valence-corrected chi connectivity index (χ0v) is 15.5. The molecule has 130 valence electrons. The Hall–Kier alpha value is -2.04. The van der Waals surface area contributed by atoms with E-state index < -0.39 is 0 Å². The highest BCUT2D eigenvalue weighted by Gasteiger charge is 2.22. The van der Waals surface area contributed by atoms with Gasteiger partial charge in [-0.15, -0.1) is 0 Å². The summed E-state index contributed by atoms with van der Waals surface area (Å²) in [6, 6.07) is 12.9. The van der Waals surface area contributed by atoms with Crippen LogP contribution < -0.4 is 5.32 Å². The van der Waals surface area contributed by atoms with E-state index in [9.17, 15) is 4.79 Å². The number of aromatic amines is 1. The number of para-hydroxylation sites is 2. The maximum atomic E-state index is 12.5. The molecule has 2 aromatic carbocycles. The number of fused-ring (bicyclic) bond motifs is 1. The predicted molar refractivity (Wildman–Crippen MR) is 102 cm³/mol. The largest absolute Gasteiger partial charge is 0.346 e. The number of benzene rings is 2. The molecule has 6 heteroatoms. The fraction of sp³-hybridized carbons (Fsp3) is 0.263. The Morgan fingerprint density at radius 2 is 1.92 bits per heavy atom. The maximum absolute atomic E-state index is 12.5. The summed E-state index contributed by atoms with van der Waals surface area (Å²) in [6.45, 7) is 4.11. The standard InChI is InChI=1S/C19H19Cl2N3O/c1-11(2)18(19-22-15-5-3-4-6-16(15)23-19)24-17(25)10-12-7-8-13(20)14(21)9-12/h3-9,11,18H,10H2,1-2H3,(H,22,23)(H,24,25). The molecule has 0 spiro atoms. The quantitative estimate of drug-likeness (QED) is 0.664. The number of hydrogen-bond acceptors (Lipinski definition) is 2. The van der Waals surface area contributed by atoms with Gasteiger partial charge in [0.15, 0.2) is 0 Å². The molecule has 4 nitrogen and oxygen atoms in total. The van der Waals surface area contributed by atoms with E-state index in [0.29, 0.717) is 10.0 Å². The van der Waals surface area contributed by atoms with Crippen molar-refractivity contribution in [3.8, 4) is 0 Å². The Labute approximate surface area is 156 Å². The van der Waals surface area contributed by atoms with E-state index in [1.807, 2.05) is 24.3 Å². The Morgan fingerprint density at radius 3 is 2.60 bits per heavy atom. The molecular formula is C19H19Cl2N3O. The first-order valence-corrected chi connectivity index (χ1v) is 8.87. The minimum absolute atomic E-state index is 0.0856. The number of rotatable bonds is 5. The molecule has 0 aliphatic heterocycles. The molecule has 0 fully saturated rings. The Morgan fingerprint density at radius 1 is 1.16 bits per heavy atom. The third-order valence-corrected chi connectivity index (χ3v) is 4.77. The number of amides is 1. The molecule has 1 atom stereocenters. The molecule has 0 aliphatic rings. The van der Waals surface area contributed by atoms with Gasteiger partial charge in [-0.2, -0.15) is 0 Å². The normalized spacial score (nSPS) is 12.5. The van der Waals surface area contributed by atoms with Crippen LogP contribution >= 0.6 is 23.2 Å². The third-order valence-electron chi connectivity index (χ3n) is 4.03. The second kappa shape index (κ2) is 7.46. The smallest absolute Gasteiger partial charge is 0.225 e. The minimum atomic E-state index is -0.192. The van der Waals surface area contributed by atoms with Crippen molar-refractivity contribution in [1.82, 2.24) is 15.3 Å². The topological polar surface area (TPSA) is 57.8 Å². The molecule has 3 aromatic rings. The second-order valence-electron chi connectivity index (χ2n) is 6.35. The molecule has 0 radical (unpaired) electrons. The van der Waals surface area contributed by atoms with Crippen molar-refractivity contribution in [1.29, 1.82) is 0 Å². The Bertz CT molecular complexity index is 872. The van der Waals surface area contributed by atoms with Gasteiger partial charge in [0.25, 0.3) is 0 Å². The molecule has 2 N–H and O–H groups in total. The van der Waals surface area contributed by atoms with Crippen LogP contribution in [-0.4, -0.2) is 15.9 Å². The first kappa shape index (κ1) is 17.8. The molecule has 1 aromatic heterocycles. The van der Waals surface area contributed by atoms with Gasteiger partial charge in [-0.25, -0.2) is 4.98 Å². The molecule has 0 saturated carbocycles. The zero-order chi connectivity index (χ0) is 18.0. The van der Waals surface area contributed by atoms with Crippen molar-refractivity contribution >= 4 is 40.1 Å². The van der Waals surface area contributed by atoms with E-state index in [4.69, 9.17) is 23.2 Å². The van der Waals surface area contributed by atoms with Crippen molar-refractivity contribution in [2.24, 2.45) is 5.92 Å². The van der Waals surface area contributed by atoms with Gasteiger partial charge in [0, 0.05) is 0 Å². The molecular weight excluding hydrogens is 357 g/mol. The van der Waals surface area contributed by atoms with Crippen molar-refractivity contribution < 1.29 is 4.79 Å². The minimum Gasteiger partial charge on any atom is -0.346 e. The molecule has 25 heavy (non-hydrogen) atoms. The van der Waals surface area contributed by atoms with E-state index in [1.165, 1.54) is 0 Å². The highest BCUT2D eigenvalue weighted by molar-refractivity contribution is 6.42. The summed E-state index contributed by atoms with van der Waals surface area (Å²) in [5.74, 6) is 0.870. The molecule has 1 unspecified atom stereocenters. The van der Waals surface area contributed by atoms with Crippen LogP contribution in [0.15, 0.2) is 42.5 Å². The summed E-state index contributed by atoms with van der Waals surface area (Å²) in [7, 11) is 0. The fourth-order valence-electron chi connectivity index (χ4n) is 2.73. The Kier molecular flexibility index (Phi) is 5.30. The van der Waals surface area contributed by atoms with Gasteiger partial charge in [-0.3, -0.25) is 4.79 Å². The predicted octanol–water partition coefficient (Wildman–Crippen LogP) is 4.93. The van der Waals surface area contributed by atoms with E-state index in [0.717, 1.165) is 22.4 Å². The van der Waals surface area contributed by atoms with Crippen LogP contribution in [0.5, 0.6) is 0 Å². The molecule has 0 aliphatic carbocycles. The molecule has 1 amide bonds. The summed E-state index contributed by atoms with van der Waals surface area (Å²) in [6.07, 6.45) is 0.236. The summed E-state index contributed by atoms with van der Waals surface area (Å²) in [5.41, 5.74) is 2.67. The monoisotopic (exact) mass is 375 g/mol. The number of halogens is 2. The molecule has 0 saturated heterocycles. The third kappa shape index (κ3) is 4.14. The number of nitrogens with zero attached hydrogens (tertiary/aromatic N) is 1. The lowest BCUT2D eigenvalue weighted by Crippen LogP contribution is -2.33. The van der Waals surface area contributed by atoms with Crippen molar-refractivity contribution in [3.63, 3.8) is 0 Å². The van der Waals surface area contributed by atoms with Crippen LogP contribution in [0.3, 0.4) is 0 Å². The number of aromatic nitrogens is 2. The molecule has 0 bridgehead atoms.